The number of aryl methyl sites for hydroxylation is 1. The zero-order chi connectivity index (χ0) is 18.0. The van der Waals surface area contributed by atoms with Gasteiger partial charge in [0.1, 0.15) is 12.1 Å². The standard InChI is InChI=1S/C18H17FN4O2/c1-11-6-8-13(9-7-11)12(2)20-16(24)10-23-18(25)14-4-3-5-15(19)17(14)21-22-23/h3-9,12H,10H2,1-2H3,(H,20,24). The van der Waals surface area contributed by atoms with Crippen LogP contribution < -0.4 is 10.9 Å². The van der Waals surface area contributed by atoms with Crippen molar-refractivity contribution in [1.82, 2.24) is 20.3 Å². The van der Waals surface area contributed by atoms with Crippen molar-refractivity contribution in [2.24, 2.45) is 0 Å². The zero-order valence-electron chi connectivity index (χ0n) is 13.9. The molecule has 0 aliphatic heterocycles. The molecular weight excluding hydrogens is 323 g/mol. The van der Waals surface area contributed by atoms with Gasteiger partial charge < -0.3 is 5.32 Å². The second kappa shape index (κ2) is 6.80. The van der Waals surface area contributed by atoms with Gasteiger partial charge in [-0.05, 0) is 31.5 Å². The molecule has 7 heteroatoms. The number of hydrogen-bond acceptors (Lipinski definition) is 4. The molecule has 1 aromatic heterocycles. The van der Waals surface area contributed by atoms with E-state index in [1.165, 1.54) is 18.2 Å². The number of aromatic nitrogens is 3. The third kappa shape index (κ3) is 3.55. The third-order valence-electron chi connectivity index (χ3n) is 3.95. The largest absolute Gasteiger partial charge is 0.348 e. The van der Waals surface area contributed by atoms with Crippen LogP contribution in [0.15, 0.2) is 47.3 Å². The first-order valence-corrected chi connectivity index (χ1v) is 7.83. The van der Waals surface area contributed by atoms with E-state index >= 15 is 0 Å². The summed E-state index contributed by atoms with van der Waals surface area (Å²) in [5.41, 5.74) is 1.44. The Balaban J connectivity index is 1.77. The maximum atomic E-state index is 13.6. The minimum atomic E-state index is -0.619. The van der Waals surface area contributed by atoms with Crippen LogP contribution in [0.3, 0.4) is 0 Å². The van der Waals surface area contributed by atoms with E-state index in [-0.39, 0.29) is 29.4 Å². The molecule has 0 fully saturated rings. The van der Waals surface area contributed by atoms with Gasteiger partial charge in [0.15, 0.2) is 5.82 Å². The molecule has 128 valence electrons. The number of fused-ring (bicyclic) bond motifs is 1. The second-order valence-electron chi connectivity index (χ2n) is 5.89. The Bertz CT molecular complexity index is 983. The van der Waals surface area contributed by atoms with Gasteiger partial charge in [-0.25, -0.2) is 9.07 Å². The normalized spacial score (nSPS) is 12.1. The molecule has 3 rings (SSSR count). The molecule has 2 aromatic carbocycles. The van der Waals surface area contributed by atoms with Crippen LogP contribution in [0.4, 0.5) is 4.39 Å². The number of benzene rings is 2. The van der Waals surface area contributed by atoms with E-state index < -0.39 is 11.4 Å². The van der Waals surface area contributed by atoms with E-state index in [9.17, 15) is 14.0 Å². The number of hydrogen-bond donors (Lipinski definition) is 1. The van der Waals surface area contributed by atoms with Crippen LogP contribution in [0.1, 0.15) is 24.1 Å². The Labute approximate surface area is 143 Å². The number of amides is 1. The Morgan fingerprint density at radius 1 is 1.24 bits per heavy atom. The lowest BCUT2D eigenvalue weighted by molar-refractivity contribution is -0.122. The number of nitrogens with one attached hydrogen (secondary N) is 1. The van der Waals surface area contributed by atoms with Crippen LogP contribution in [0.5, 0.6) is 0 Å². The SMILES string of the molecule is Cc1ccc(C(C)NC(=O)Cn2nnc3c(F)cccc3c2=O)cc1. The first-order valence-electron chi connectivity index (χ1n) is 7.83. The van der Waals surface area contributed by atoms with Crippen molar-refractivity contribution in [2.45, 2.75) is 26.4 Å². The molecule has 1 heterocycles. The molecule has 0 radical (unpaired) electrons. The molecule has 6 nitrogen and oxygen atoms in total. The van der Waals surface area contributed by atoms with Gasteiger partial charge in [-0.2, -0.15) is 0 Å². The predicted octanol–water partition coefficient (Wildman–Crippen LogP) is 2.12. The van der Waals surface area contributed by atoms with Crippen molar-refractivity contribution < 1.29 is 9.18 Å². The zero-order valence-corrected chi connectivity index (χ0v) is 13.9. The first kappa shape index (κ1) is 16.8. The fourth-order valence-corrected chi connectivity index (χ4v) is 2.53. The van der Waals surface area contributed by atoms with Crippen LogP contribution in [0.2, 0.25) is 0 Å². The number of carbonyl (C=O) groups is 1. The minimum Gasteiger partial charge on any atom is -0.348 e. The van der Waals surface area contributed by atoms with Crippen molar-refractivity contribution in [3.05, 3.63) is 69.8 Å². The smallest absolute Gasteiger partial charge is 0.278 e. The molecule has 3 aromatic rings. The fraction of sp³-hybridized carbons (Fsp3) is 0.222. The Hall–Kier alpha value is -3.09. The molecule has 0 bridgehead atoms. The minimum absolute atomic E-state index is 0.0920. The Kier molecular flexibility index (Phi) is 4.56. The summed E-state index contributed by atoms with van der Waals surface area (Å²) < 4.78 is 14.5. The molecule has 0 aliphatic rings. The second-order valence-corrected chi connectivity index (χ2v) is 5.89. The van der Waals surface area contributed by atoms with Crippen LogP contribution in [0, 0.1) is 12.7 Å². The quantitative estimate of drug-likeness (QED) is 0.789. The summed E-state index contributed by atoms with van der Waals surface area (Å²) in [6.07, 6.45) is 0. The van der Waals surface area contributed by atoms with Crippen LogP contribution >= 0.6 is 0 Å². The Morgan fingerprint density at radius 3 is 2.68 bits per heavy atom. The van der Waals surface area contributed by atoms with Gasteiger partial charge in [-0.1, -0.05) is 41.1 Å². The van der Waals surface area contributed by atoms with E-state index in [4.69, 9.17) is 0 Å². The highest BCUT2D eigenvalue weighted by Gasteiger charge is 2.14. The average molecular weight is 340 g/mol. The number of halogens is 1. The summed E-state index contributed by atoms with van der Waals surface area (Å²) in [5, 5.41) is 10.3. The molecule has 1 atom stereocenters. The third-order valence-corrected chi connectivity index (χ3v) is 3.95. The van der Waals surface area contributed by atoms with Gasteiger partial charge in [0.25, 0.3) is 5.56 Å². The van der Waals surface area contributed by atoms with E-state index in [1.54, 1.807) is 0 Å². The van der Waals surface area contributed by atoms with E-state index in [1.807, 2.05) is 38.1 Å². The van der Waals surface area contributed by atoms with Crippen molar-refractivity contribution in [2.75, 3.05) is 0 Å². The lowest BCUT2D eigenvalue weighted by atomic mass is 10.1. The molecule has 1 N–H and O–H groups in total. The summed E-state index contributed by atoms with van der Waals surface area (Å²) >= 11 is 0. The fourth-order valence-electron chi connectivity index (χ4n) is 2.53. The van der Waals surface area contributed by atoms with Crippen LogP contribution in [-0.4, -0.2) is 20.9 Å². The number of carbonyl (C=O) groups excluding carboxylic acids is 1. The maximum absolute atomic E-state index is 13.6. The van der Waals surface area contributed by atoms with Crippen LogP contribution in [0.25, 0.3) is 10.9 Å². The van der Waals surface area contributed by atoms with Crippen molar-refractivity contribution in [1.29, 1.82) is 0 Å². The summed E-state index contributed by atoms with van der Waals surface area (Å²) in [6, 6.07) is 11.7. The van der Waals surface area contributed by atoms with E-state index in [2.05, 4.69) is 15.6 Å². The molecule has 0 saturated heterocycles. The molecular formula is C18H17FN4O2. The highest BCUT2D eigenvalue weighted by molar-refractivity contribution is 5.79. The van der Waals surface area contributed by atoms with E-state index in [0.29, 0.717) is 0 Å². The topological polar surface area (TPSA) is 76.9 Å². The van der Waals surface area contributed by atoms with Gasteiger partial charge >= 0.3 is 0 Å². The lowest BCUT2D eigenvalue weighted by Gasteiger charge is -2.14. The highest BCUT2D eigenvalue weighted by Crippen LogP contribution is 2.13. The van der Waals surface area contributed by atoms with Gasteiger partial charge in [0.05, 0.1) is 11.4 Å². The van der Waals surface area contributed by atoms with Gasteiger partial charge in [0, 0.05) is 0 Å². The van der Waals surface area contributed by atoms with E-state index in [0.717, 1.165) is 15.8 Å². The van der Waals surface area contributed by atoms with Gasteiger partial charge in [-0.15, -0.1) is 5.10 Å². The lowest BCUT2D eigenvalue weighted by Crippen LogP contribution is -2.35. The average Bonchev–Trinajstić information content (AvgIpc) is 2.58. The maximum Gasteiger partial charge on any atom is 0.278 e. The highest BCUT2D eigenvalue weighted by atomic mass is 19.1. The summed E-state index contributed by atoms with van der Waals surface area (Å²) in [6.45, 7) is 3.56. The molecule has 1 unspecified atom stereocenters. The van der Waals surface area contributed by atoms with Crippen molar-refractivity contribution >= 4 is 16.8 Å². The Morgan fingerprint density at radius 2 is 1.96 bits per heavy atom. The monoisotopic (exact) mass is 340 g/mol. The molecule has 25 heavy (non-hydrogen) atoms. The predicted molar refractivity (Wildman–Crippen MR) is 91.5 cm³/mol. The number of nitrogens with zero attached hydrogens (tertiary/aromatic N) is 3. The molecule has 0 spiro atoms. The van der Waals surface area contributed by atoms with Crippen molar-refractivity contribution in [3.8, 4) is 0 Å². The van der Waals surface area contributed by atoms with Crippen LogP contribution in [-0.2, 0) is 11.3 Å². The molecule has 0 saturated carbocycles. The first-order chi connectivity index (χ1) is 12.0. The van der Waals surface area contributed by atoms with Gasteiger partial charge in [-0.3, -0.25) is 9.59 Å². The van der Waals surface area contributed by atoms with Crippen molar-refractivity contribution in [3.63, 3.8) is 0 Å². The summed E-state index contributed by atoms with van der Waals surface area (Å²) in [7, 11) is 0. The molecule has 1 amide bonds. The summed E-state index contributed by atoms with van der Waals surface area (Å²) in [5.74, 6) is -0.994. The summed E-state index contributed by atoms with van der Waals surface area (Å²) in [4.78, 5) is 24.5. The molecule has 0 aliphatic carbocycles. The van der Waals surface area contributed by atoms with Gasteiger partial charge in [0.2, 0.25) is 5.91 Å². The number of rotatable bonds is 4.